The molecule has 0 saturated carbocycles. The van der Waals surface area contributed by atoms with Crippen LogP contribution in [-0.2, 0) is 6.37 Å². The first kappa shape index (κ1) is 14.6. The highest BCUT2D eigenvalue weighted by molar-refractivity contribution is 6.22. The van der Waals surface area contributed by atoms with Crippen molar-refractivity contribution >= 4 is 43.4 Å². The minimum Gasteiger partial charge on any atom is -0.296 e. The van der Waals surface area contributed by atoms with Gasteiger partial charge in [0.2, 0.25) is 0 Å². The van der Waals surface area contributed by atoms with Crippen LogP contribution < -0.4 is 0 Å². The molecular weight excluding hydrogens is 569 g/mol. The average molecular weight is 619 g/mol. The maximum Gasteiger partial charge on any atom is 0.114 e. The van der Waals surface area contributed by atoms with Crippen LogP contribution in [0, 0.1) is 0 Å². The summed E-state index contributed by atoms with van der Waals surface area (Å²) in [4.78, 5) is 4.41. The minimum atomic E-state index is -3.06. The number of fused-ring (bicyclic) bond motifs is 4. The first-order chi connectivity index (χ1) is 30.6. The second-order valence-corrected chi connectivity index (χ2v) is 10.9. The Kier molecular flexibility index (Phi) is 3.46. The Morgan fingerprint density at radius 3 is 1.96 bits per heavy atom. The van der Waals surface area contributed by atoms with Gasteiger partial charge in [-0.2, -0.15) is 0 Å². The number of benzene rings is 8. The number of para-hydroxylation sites is 2. The normalized spacial score (nSPS) is 17.6. The van der Waals surface area contributed by atoms with Gasteiger partial charge >= 0.3 is 0 Å². The van der Waals surface area contributed by atoms with Crippen LogP contribution in [0.15, 0.2) is 163 Å². The Labute approximate surface area is 299 Å². The van der Waals surface area contributed by atoms with Crippen LogP contribution in [0.25, 0.3) is 82.4 Å². The molecule has 2 nitrogen and oxygen atoms in total. The van der Waals surface area contributed by atoms with E-state index in [1.807, 2.05) is 0 Å². The first-order valence-electron chi connectivity index (χ1n) is 23.7. The molecule has 2 heteroatoms. The molecule has 0 radical (unpaired) electrons. The number of aryl methyl sites for hydroxylation is 1. The number of imidazole rings is 1. The minimum absolute atomic E-state index is 0.0535. The zero-order chi connectivity index (χ0) is 46.9. The zero-order valence-electron chi connectivity index (χ0n) is 42.5. The molecule has 0 aliphatic carbocycles. The summed E-state index contributed by atoms with van der Waals surface area (Å²) in [5, 5.41) is 0.651. The van der Waals surface area contributed by atoms with Crippen molar-refractivity contribution in [2.45, 2.75) is 13.2 Å². The second-order valence-electron chi connectivity index (χ2n) is 10.9. The number of hydrogen-bond acceptors (Lipinski definition) is 1. The van der Waals surface area contributed by atoms with Crippen molar-refractivity contribution in [3.8, 4) is 39.1 Å². The molecule has 0 aliphatic heterocycles. The Bertz CT molecular complexity index is 3450. The van der Waals surface area contributed by atoms with Gasteiger partial charge in [0.25, 0.3) is 0 Å². The summed E-state index contributed by atoms with van der Waals surface area (Å²) in [7, 11) is 0. The van der Waals surface area contributed by atoms with Gasteiger partial charge in [-0.05, 0) is 96.0 Å². The Morgan fingerprint density at radius 2 is 1.21 bits per heavy atom. The molecule has 9 rings (SSSR count). The van der Waals surface area contributed by atoms with Crippen molar-refractivity contribution in [1.29, 1.82) is 0 Å². The summed E-state index contributed by atoms with van der Waals surface area (Å²) in [6.45, 7) is -3.06. The average Bonchev–Trinajstić information content (AvgIpc) is 3.69. The van der Waals surface area contributed by atoms with E-state index in [1.54, 1.807) is 72.8 Å². The van der Waals surface area contributed by atoms with Crippen molar-refractivity contribution in [2.75, 3.05) is 0 Å². The summed E-state index contributed by atoms with van der Waals surface area (Å²) < 4.78 is 158. The molecule has 0 unspecified atom stereocenters. The van der Waals surface area contributed by atoms with E-state index in [2.05, 4.69) is 4.98 Å². The van der Waals surface area contributed by atoms with E-state index in [4.69, 9.17) is 19.2 Å². The van der Waals surface area contributed by atoms with Crippen LogP contribution in [0.3, 0.4) is 0 Å². The zero-order valence-corrected chi connectivity index (χ0v) is 24.5. The molecule has 222 valence electrons. The highest BCUT2D eigenvalue weighted by Gasteiger charge is 2.19. The molecule has 0 fully saturated rings. The van der Waals surface area contributed by atoms with Crippen molar-refractivity contribution in [3.05, 3.63) is 169 Å². The number of hydrogen-bond donors (Lipinski definition) is 0. The standard InChI is InChI=1S/C45H32N2/c1-2-43-46-41-22-12-13-23-42(41)47(43)34-27-26-31-28-33(25-24-32(31)29-34)44-37-18-8-10-20-39(37)45(40-21-11-9-19-38(40)44)36-17-7-6-16-35(36)30-14-4-3-5-15-30/h3-29H,2H2,1H3/i1D3,2D2,3D,4D,5D,8D,9D,10D,11D,14D,15D,18D,19D,20D,21D. The molecular formula is C45H32N2. The van der Waals surface area contributed by atoms with Gasteiger partial charge < -0.3 is 0 Å². The van der Waals surface area contributed by atoms with E-state index in [1.165, 1.54) is 16.7 Å². The van der Waals surface area contributed by atoms with E-state index >= 15 is 0 Å². The lowest BCUT2D eigenvalue weighted by Gasteiger charge is -2.20. The maximum absolute atomic E-state index is 9.40. The van der Waals surface area contributed by atoms with Crippen LogP contribution in [0.1, 0.15) is 37.3 Å². The lowest BCUT2D eigenvalue weighted by molar-refractivity contribution is 0.909. The Hall–Kier alpha value is -5.99. The van der Waals surface area contributed by atoms with E-state index in [9.17, 15) is 5.48 Å². The number of rotatable bonds is 5. The van der Waals surface area contributed by atoms with Crippen LogP contribution in [-0.4, -0.2) is 9.55 Å². The molecule has 0 aliphatic rings. The lowest BCUT2D eigenvalue weighted by atomic mass is 9.83. The molecule has 0 spiro atoms. The van der Waals surface area contributed by atoms with E-state index in [-0.39, 0.29) is 55.2 Å². The van der Waals surface area contributed by atoms with Crippen molar-refractivity contribution < 1.29 is 24.7 Å². The third kappa shape index (κ3) is 4.45. The summed E-state index contributed by atoms with van der Waals surface area (Å²) >= 11 is 0. The fraction of sp³-hybridized carbons (Fsp3) is 0.0444. The van der Waals surface area contributed by atoms with E-state index < -0.39 is 91.8 Å². The van der Waals surface area contributed by atoms with Gasteiger partial charge in [-0.15, -0.1) is 0 Å². The van der Waals surface area contributed by atoms with Crippen molar-refractivity contribution in [2.24, 2.45) is 0 Å². The molecule has 0 N–H and O–H groups in total. The molecule has 1 aromatic heterocycles. The van der Waals surface area contributed by atoms with Gasteiger partial charge in [-0.1, -0.05) is 140 Å². The molecule has 0 saturated heterocycles. The molecule has 0 amide bonds. The van der Waals surface area contributed by atoms with Gasteiger partial charge in [-0.25, -0.2) is 4.98 Å². The van der Waals surface area contributed by atoms with Gasteiger partial charge in [0, 0.05) is 18.9 Å². The highest BCUT2D eigenvalue weighted by Crippen LogP contribution is 2.46. The maximum atomic E-state index is 9.40. The molecule has 8 aromatic carbocycles. The SMILES string of the molecule is [2H]c1c([2H])c([2H])c(-c2ccccc2-c2c3c([2H])c([2H])c([2H])c([2H])c3c(-c3ccc4cc(-n5c(C([2H])([2H])C([2H])([2H])[2H])nc6ccccc65)ccc4c3)c3c([2H])c([2H])c([2H])c([2H])c23)c([2H])c1[2H]. The molecule has 47 heavy (non-hydrogen) atoms. The van der Waals surface area contributed by atoms with E-state index in [0.717, 1.165) is 0 Å². The predicted molar refractivity (Wildman–Crippen MR) is 199 cm³/mol. The third-order valence-corrected chi connectivity index (χ3v) is 8.38. The quantitative estimate of drug-likeness (QED) is 0.175. The Morgan fingerprint density at radius 1 is 0.596 bits per heavy atom. The predicted octanol–water partition coefficient (Wildman–Crippen LogP) is 12.0. The summed E-state index contributed by atoms with van der Waals surface area (Å²) in [6, 6.07) is 15.3. The molecule has 9 aromatic rings. The third-order valence-electron chi connectivity index (χ3n) is 8.38. The largest absolute Gasteiger partial charge is 0.296 e. The van der Waals surface area contributed by atoms with Crippen LogP contribution >= 0.6 is 0 Å². The fourth-order valence-electron chi connectivity index (χ4n) is 6.39. The summed E-state index contributed by atoms with van der Waals surface area (Å²) in [5.74, 6) is -0.330. The van der Waals surface area contributed by atoms with Crippen LogP contribution in [0.4, 0.5) is 0 Å². The summed E-state index contributed by atoms with van der Waals surface area (Å²) in [5.41, 5.74) is 1.43. The number of nitrogens with zero attached hydrogens (tertiary/aromatic N) is 2. The lowest BCUT2D eigenvalue weighted by Crippen LogP contribution is -2.00. The monoisotopic (exact) mass is 618 g/mol. The van der Waals surface area contributed by atoms with Crippen molar-refractivity contribution in [3.63, 3.8) is 0 Å². The van der Waals surface area contributed by atoms with Gasteiger partial charge in [-0.3, -0.25) is 4.57 Å². The van der Waals surface area contributed by atoms with Gasteiger partial charge in [0.1, 0.15) is 5.82 Å². The van der Waals surface area contributed by atoms with Crippen LogP contribution in [0.2, 0.25) is 0 Å². The number of aromatic nitrogens is 2. The molecule has 0 bridgehead atoms. The molecule has 0 atom stereocenters. The fourth-order valence-corrected chi connectivity index (χ4v) is 6.39. The summed E-state index contributed by atoms with van der Waals surface area (Å²) in [6.07, 6.45) is -2.85. The van der Waals surface area contributed by atoms with Gasteiger partial charge in [0.05, 0.1) is 28.9 Å². The molecule has 1 heterocycles. The smallest absolute Gasteiger partial charge is 0.114 e. The van der Waals surface area contributed by atoms with Gasteiger partial charge in [0.15, 0.2) is 0 Å². The van der Waals surface area contributed by atoms with Crippen molar-refractivity contribution in [1.82, 2.24) is 9.55 Å². The first-order valence-corrected chi connectivity index (χ1v) is 14.7. The Balaban J connectivity index is 1.39. The van der Waals surface area contributed by atoms with Crippen LogP contribution in [0.5, 0.6) is 0 Å². The topological polar surface area (TPSA) is 17.8 Å². The highest BCUT2D eigenvalue weighted by atomic mass is 15.1. The second kappa shape index (κ2) is 11.1. The van der Waals surface area contributed by atoms with E-state index in [0.29, 0.717) is 33.1 Å².